The maximum absolute atomic E-state index is 12.9. The van der Waals surface area contributed by atoms with Gasteiger partial charge in [0.15, 0.2) is 0 Å². The molecule has 2 atom stereocenters. The van der Waals surface area contributed by atoms with Gasteiger partial charge in [-0.25, -0.2) is 0 Å². The van der Waals surface area contributed by atoms with Crippen LogP contribution in [0, 0.1) is 28.9 Å². The van der Waals surface area contributed by atoms with Crippen LogP contribution in [0.15, 0.2) is 36.4 Å². The van der Waals surface area contributed by atoms with E-state index in [9.17, 15) is 19.7 Å². The lowest BCUT2D eigenvalue weighted by atomic mass is 9.91. The van der Waals surface area contributed by atoms with Gasteiger partial charge in [-0.2, -0.15) is 0 Å². The number of carbonyl (C=O) groups is 2. The fourth-order valence-electron chi connectivity index (χ4n) is 4.33. The average molecular weight is 425 g/mol. The summed E-state index contributed by atoms with van der Waals surface area (Å²) in [5.41, 5.74) is 2.03. The number of benzene rings is 2. The Morgan fingerprint density at radius 2 is 1.77 bits per heavy atom. The number of piperidine rings is 1. The van der Waals surface area contributed by atoms with Crippen molar-refractivity contribution in [3.63, 3.8) is 0 Å². The molecule has 3 rings (SSSR count). The molecule has 0 aromatic heterocycles. The maximum Gasteiger partial charge on any atom is 0.293 e. The average Bonchev–Trinajstić information content (AvgIpc) is 2.72. The molecule has 164 valence electrons. The molecule has 2 N–H and O–H groups in total. The summed E-state index contributed by atoms with van der Waals surface area (Å²) in [7, 11) is 1.52. The first-order valence-corrected chi connectivity index (χ1v) is 10.4. The Bertz CT molecular complexity index is 1010. The first kappa shape index (κ1) is 22.3. The first-order valence-electron chi connectivity index (χ1n) is 10.4. The van der Waals surface area contributed by atoms with E-state index in [4.69, 9.17) is 0 Å². The Hall–Kier alpha value is -3.42. The Labute approximate surface area is 181 Å². The van der Waals surface area contributed by atoms with Crippen molar-refractivity contribution >= 4 is 28.9 Å². The standard InChI is InChI=1S/C23H28N4O4/c1-14-10-15(2)13-26(12-14)19-9-8-17(11-20(19)27(30)31)22(28)25-18-7-5-6-16(3)21(18)23(29)24-4/h5-9,11,14-15H,10,12-13H2,1-4H3,(H,24,29)(H,25,28). The molecule has 8 nitrogen and oxygen atoms in total. The molecule has 1 saturated heterocycles. The van der Waals surface area contributed by atoms with Crippen LogP contribution in [0.4, 0.5) is 17.1 Å². The zero-order valence-electron chi connectivity index (χ0n) is 18.3. The molecule has 2 aromatic rings. The fourth-order valence-corrected chi connectivity index (χ4v) is 4.33. The highest BCUT2D eigenvalue weighted by Crippen LogP contribution is 2.34. The van der Waals surface area contributed by atoms with Crippen LogP contribution in [0.5, 0.6) is 0 Å². The molecule has 31 heavy (non-hydrogen) atoms. The van der Waals surface area contributed by atoms with Crippen molar-refractivity contribution in [1.82, 2.24) is 5.32 Å². The van der Waals surface area contributed by atoms with Crippen LogP contribution >= 0.6 is 0 Å². The molecular weight excluding hydrogens is 396 g/mol. The molecule has 0 saturated carbocycles. The molecule has 0 radical (unpaired) electrons. The van der Waals surface area contributed by atoms with Crippen molar-refractivity contribution < 1.29 is 14.5 Å². The molecule has 0 aliphatic carbocycles. The lowest BCUT2D eigenvalue weighted by Gasteiger charge is -2.36. The van der Waals surface area contributed by atoms with Crippen LogP contribution in [0.25, 0.3) is 0 Å². The van der Waals surface area contributed by atoms with Crippen molar-refractivity contribution in [3.8, 4) is 0 Å². The molecule has 0 spiro atoms. The SMILES string of the molecule is CNC(=O)c1c(C)cccc1NC(=O)c1ccc(N2CC(C)CC(C)C2)c([N+](=O)[O-])c1. The maximum atomic E-state index is 12.9. The number of hydrogen-bond acceptors (Lipinski definition) is 5. The Balaban J connectivity index is 1.91. The van der Waals surface area contributed by atoms with Crippen molar-refractivity contribution in [1.29, 1.82) is 0 Å². The van der Waals surface area contributed by atoms with Crippen LogP contribution in [0.3, 0.4) is 0 Å². The van der Waals surface area contributed by atoms with Gasteiger partial charge in [0.25, 0.3) is 17.5 Å². The molecule has 2 amide bonds. The normalized spacial score (nSPS) is 18.4. The van der Waals surface area contributed by atoms with Crippen LogP contribution in [-0.2, 0) is 0 Å². The predicted octanol–water partition coefficient (Wildman–Crippen LogP) is 4.00. The van der Waals surface area contributed by atoms with Crippen LogP contribution in [0.2, 0.25) is 0 Å². The zero-order valence-corrected chi connectivity index (χ0v) is 18.3. The monoisotopic (exact) mass is 424 g/mol. The third-order valence-corrected chi connectivity index (χ3v) is 5.62. The smallest absolute Gasteiger partial charge is 0.293 e. The number of anilines is 2. The van der Waals surface area contributed by atoms with Gasteiger partial charge in [-0.05, 0) is 48.9 Å². The molecule has 1 heterocycles. The number of aryl methyl sites for hydroxylation is 1. The third kappa shape index (κ3) is 4.84. The second-order valence-corrected chi connectivity index (χ2v) is 8.34. The Morgan fingerprint density at radius 1 is 1.10 bits per heavy atom. The van der Waals surface area contributed by atoms with Gasteiger partial charge in [0.05, 0.1) is 16.2 Å². The number of nitrogens with one attached hydrogen (secondary N) is 2. The quantitative estimate of drug-likeness (QED) is 0.558. The van der Waals surface area contributed by atoms with E-state index in [0.717, 1.165) is 19.5 Å². The van der Waals surface area contributed by atoms with Gasteiger partial charge in [-0.3, -0.25) is 19.7 Å². The molecular formula is C23H28N4O4. The van der Waals surface area contributed by atoms with Crippen molar-refractivity contribution in [3.05, 3.63) is 63.2 Å². The van der Waals surface area contributed by atoms with Gasteiger partial charge in [0, 0.05) is 31.8 Å². The molecule has 1 fully saturated rings. The number of rotatable bonds is 5. The first-order chi connectivity index (χ1) is 14.7. The summed E-state index contributed by atoms with van der Waals surface area (Å²) >= 11 is 0. The van der Waals surface area contributed by atoms with E-state index in [1.54, 1.807) is 37.3 Å². The molecule has 0 bridgehead atoms. The van der Waals surface area contributed by atoms with Crippen LogP contribution in [-0.4, -0.2) is 36.9 Å². The number of nitrogens with zero attached hydrogens (tertiary/aromatic N) is 2. The van der Waals surface area contributed by atoms with Gasteiger partial charge >= 0.3 is 0 Å². The fraction of sp³-hybridized carbons (Fsp3) is 0.391. The number of carbonyl (C=O) groups excluding carboxylic acids is 2. The van der Waals surface area contributed by atoms with E-state index < -0.39 is 10.8 Å². The summed E-state index contributed by atoms with van der Waals surface area (Å²) in [5.74, 6) is 0.0559. The summed E-state index contributed by atoms with van der Waals surface area (Å²) in [5, 5.41) is 17.1. The molecule has 2 aromatic carbocycles. The molecule has 1 aliphatic heterocycles. The second kappa shape index (κ2) is 9.16. The Morgan fingerprint density at radius 3 is 2.39 bits per heavy atom. The van der Waals surface area contributed by atoms with Gasteiger partial charge in [0.1, 0.15) is 5.69 Å². The highest BCUT2D eigenvalue weighted by molar-refractivity contribution is 6.10. The molecule has 2 unspecified atom stereocenters. The number of amides is 2. The summed E-state index contributed by atoms with van der Waals surface area (Å²) in [6.07, 6.45) is 1.09. The Kier molecular flexibility index (Phi) is 6.58. The molecule has 1 aliphatic rings. The van der Waals surface area contributed by atoms with E-state index in [0.29, 0.717) is 34.3 Å². The predicted molar refractivity (Wildman–Crippen MR) is 121 cm³/mol. The van der Waals surface area contributed by atoms with Gasteiger partial charge in [0.2, 0.25) is 0 Å². The van der Waals surface area contributed by atoms with E-state index in [1.807, 2.05) is 4.90 Å². The minimum atomic E-state index is -0.509. The van der Waals surface area contributed by atoms with Crippen LogP contribution in [0.1, 0.15) is 46.5 Å². The summed E-state index contributed by atoms with van der Waals surface area (Å²) in [6, 6.07) is 9.70. The van der Waals surface area contributed by atoms with Gasteiger partial charge < -0.3 is 15.5 Å². The minimum Gasteiger partial charge on any atom is -0.365 e. The summed E-state index contributed by atoms with van der Waals surface area (Å²) in [4.78, 5) is 38.5. The number of hydrogen-bond donors (Lipinski definition) is 2. The largest absolute Gasteiger partial charge is 0.365 e. The van der Waals surface area contributed by atoms with Gasteiger partial charge in [-0.15, -0.1) is 0 Å². The van der Waals surface area contributed by atoms with E-state index in [2.05, 4.69) is 24.5 Å². The van der Waals surface area contributed by atoms with Crippen molar-refractivity contribution in [2.24, 2.45) is 11.8 Å². The minimum absolute atomic E-state index is 0.0929. The van der Waals surface area contributed by atoms with Crippen molar-refractivity contribution in [2.45, 2.75) is 27.2 Å². The highest BCUT2D eigenvalue weighted by atomic mass is 16.6. The van der Waals surface area contributed by atoms with E-state index in [1.165, 1.54) is 13.1 Å². The van der Waals surface area contributed by atoms with E-state index in [-0.39, 0.29) is 17.2 Å². The van der Waals surface area contributed by atoms with E-state index >= 15 is 0 Å². The third-order valence-electron chi connectivity index (χ3n) is 5.62. The topological polar surface area (TPSA) is 105 Å². The zero-order chi connectivity index (χ0) is 22.7. The van der Waals surface area contributed by atoms with Crippen molar-refractivity contribution in [2.75, 3.05) is 30.4 Å². The highest BCUT2D eigenvalue weighted by Gasteiger charge is 2.28. The lowest BCUT2D eigenvalue weighted by Crippen LogP contribution is -2.39. The number of nitro benzene ring substituents is 1. The summed E-state index contributed by atoms with van der Waals surface area (Å²) in [6.45, 7) is 7.55. The van der Waals surface area contributed by atoms with Crippen LogP contribution < -0.4 is 15.5 Å². The molecule has 8 heteroatoms. The second-order valence-electron chi connectivity index (χ2n) is 8.34. The van der Waals surface area contributed by atoms with Gasteiger partial charge in [-0.1, -0.05) is 26.0 Å². The lowest BCUT2D eigenvalue weighted by molar-refractivity contribution is -0.384. The number of nitro groups is 1. The summed E-state index contributed by atoms with van der Waals surface area (Å²) < 4.78 is 0.